The number of aromatic nitrogens is 1. The predicted octanol–water partition coefficient (Wildman–Crippen LogP) is 0.633. The molecule has 0 unspecified atom stereocenters. The zero-order valence-corrected chi connectivity index (χ0v) is 12.7. The molecule has 0 fully saturated rings. The molecule has 112 valence electrons. The summed E-state index contributed by atoms with van der Waals surface area (Å²) in [6.07, 6.45) is 1.88. The molecule has 5 heteroatoms. The molecule has 0 aliphatic carbocycles. The number of aromatic amines is 1. The van der Waals surface area contributed by atoms with E-state index in [4.69, 9.17) is 0 Å². The van der Waals surface area contributed by atoms with Crippen LogP contribution in [-0.4, -0.2) is 5.71 Å². The van der Waals surface area contributed by atoms with Crippen molar-refractivity contribution in [1.29, 1.82) is 0 Å². The Morgan fingerprint density at radius 2 is 1.77 bits per heavy atom. The van der Waals surface area contributed by atoms with Gasteiger partial charge in [-0.3, -0.25) is 5.43 Å². The van der Waals surface area contributed by atoms with Gasteiger partial charge >= 0.3 is 0 Å². The average molecular weight is 316 g/mol. The van der Waals surface area contributed by atoms with Gasteiger partial charge in [-0.15, -0.1) is 0 Å². The van der Waals surface area contributed by atoms with Crippen LogP contribution in [0.4, 0.5) is 10.1 Å². The Balaban J connectivity index is 0.00000176. The van der Waals surface area contributed by atoms with Gasteiger partial charge in [0.2, 0.25) is 5.52 Å². The number of benzene rings is 2. The SMILES string of the molecule is CC(=NNc1cccc2ccc[nH+]c12)c1ccc(F)cc1.[Cl-]. The molecule has 3 rings (SSSR count). The van der Waals surface area contributed by atoms with Gasteiger partial charge in [0.25, 0.3) is 0 Å². The fraction of sp³-hybridized carbons (Fsp3) is 0.0588. The van der Waals surface area contributed by atoms with E-state index in [1.807, 2.05) is 43.5 Å². The van der Waals surface area contributed by atoms with Crippen LogP contribution in [0.1, 0.15) is 12.5 Å². The first kappa shape index (κ1) is 15.9. The highest BCUT2D eigenvalue weighted by Crippen LogP contribution is 2.18. The number of hydrazone groups is 1. The first-order valence-corrected chi connectivity index (χ1v) is 6.70. The molecule has 0 radical (unpaired) electrons. The fourth-order valence-corrected chi connectivity index (χ4v) is 2.15. The summed E-state index contributed by atoms with van der Waals surface area (Å²) >= 11 is 0. The molecule has 0 aliphatic heterocycles. The van der Waals surface area contributed by atoms with Gasteiger partial charge in [-0.2, -0.15) is 5.10 Å². The molecule has 0 atom stereocenters. The van der Waals surface area contributed by atoms with E-state index in [0.717, 1.165) is 27.9 Å². The molecule has 0 bridgehead atoms. The van der Waals surface area contributed by atoms with Crippen LogP contribution in [0.25, 0.3) is 10.9 Å². The number of hydrogen-bond acceptors (Lipinski definition) is 2. The van der Waals surface area contributed by atoms with Gasteiger partial charge in [0.05, 0.1) is 5.71 Å². The number of nitrogens with one attached hydrogen (secondary N) is 2. The van der Waals surface area contributed by atoms with Crippen molar-refractivity contribution in [3.05, 3.63) is 72.2 Å². The lowest BCUT2D eigenvalue weighted by Crippen LogP contribution is -3.00. The third-order valence-electron chi connectivity index (χ3n) is 3.30. The molecular formula is C17H15ClFN3. The van der Waals surface area contributed by atoms with Crippen LogP contribution in [0, 0.1) is 5.82 Å². The van der Waals surface area contributed by atoms with Gasteiger partial charge in [0, 0.05) is 11.5 Å². The van der Waals surface area contributed by atoms with Crippen molar-refractivity contribution in [3.63, 3.8) is 0 Å². The maximum absolute atomic E-state index is 12.9. The molecule has 1 heterocycles. The second kappa shape index (κ2) is 7.00. The van der Waals surface area contributed by atoms with Gasteiger partial charge in [0.15, 0.2) is 6.20 Å². The third-order valence-corrected chi connectivity index (χ3v) is 3.30. The lowest BCUT2D eigenvalue weighted by Gasteiger charge is -2.04. The van der Waals surface area contributed by atoms with Crippen LogP contribution < -0.4 is 22.8 Å². The van der Waals surface area contributed by atoms with Crippen molar-refractivity contribution in [2.24, 2.45) is 5.10 Å². The minimum absolute atomic E-state index is 0. The molecular weight excluding hydrogens is 301 g/mol. The van der Waals surface area contributed by atoms with Crippen molar-refractivity contribution in [2.45, 2.75) is 6.92 Å². The van der Waals surface area contributed by atoms with E-state index in [1.54, 1.807) is 12.1 Å². The summed E-state index contributed by atoms with van der Waals surface area (Å²) in [7, 11) is 0. The van der Waals surface area contributed by atoms with E-state index < -0.39 is 0 Å². The molecule has 3 nitrogen and oxygen atoms in total. The van der Waals surface area contributed by atoms with Crippen molar-refractivity contribution >= 4 is 22.3 Å². The Hall–Kier alpha value is -2.46. The predicted molar refractivity (Wildman–Crippen MR) is 82.7 cm³/mol. The van der Waals surface area contributed by atoms with Crippen LogP contribution in [0.5, 0.6) is 0 Å². The summed E-state index contributed by atoms with van der Waals surface area (Å²) in [5, 5.41) is 5.48. The topological polar surface area (TPSA) is 38.5 Å². The van der Waals surface area contributed by atoms with Gasteiger partial charge in [0.1, 0.15) is 11.5 Å². The van der Waals surface area contributed by atoms with E-state index >= 15 is 0 Å². The average Bonchev–Trinajstić information content (AvgIpc) is 2.53. The zero-order chi connectivity index (χ0) is 14.7. The summed E-state index contributed by atoms with van der Waals surface area (Å²) in [5.74, 6) is -0.247. The second-order valence-corrected chi connectivity index (χ2v) is 4.76. The standard InChI is InChI=1S/C17H14FN3.ClH/c1-12(13-7-9-15(18)10-8-13)20-21-16-6-2-4-14-5-3-11-19-17(14)16;/h2-11,21H,1H3;1H. The van der Waals surface area contributed by atoms with Crippen LogP contribution in [0.2, 0.25) is 0 Å². The Morgan fingerprint density at radius 3 is 2.55 bits per heavy atom. The minimum Gasteiger partial charge on any atom is -1.00 e. The summed E-state index contributed by atoms with van der Waals surface area (Å²) < 4.78 is 12.9. The number of rotatable bonds is 3. The molecule has 0 saturated carbocycles. The molecule has 0 spiro atoms. The van der Waals surface area contributed by atoms with Gasteiger partial charge in [-0.05, 0) is 42.8 Å². The molecule has 2 aromatic carbocycles. The maximum Gasteiger partial charge on any atom is 0.236 e. The number of pyridine rings is 1. The Morgan fingerprint density at radius 1 is 1.05 bits per heavy atom. The van der Waals surface area contributed by atoms with Crippen molar-refractivity contribution in [2.75, 3.05) is 5.43 Å². The zero-order valence-electron chi connectivity index (χ0n) is 12.0. The number of anilines is 1. The largest absolute Gasteiger partial charge is 1.00 e. The van der Waals surface area contributed by atoms with Gasteiger partial charge in [-0.25, -0.2) is 9.37 Å². The summed E-state index contributed by atoms with van der Waals surface area (Å²) in [6, 6.07) is 16.2. The fourth-order valence-electron chi connectivity index (χ4n) is 2.15. The van der Waals surface area contributed by atoms with E-state index in [-0.39, 0.29) is 18.2 Å². The third kappa shape index (κ3) is 3.40. The van der Waals surface area contributed by atoms with E-state index in [9.17, 15) is 4.39 Å². The van der Waals surface area contributed by atoms with Crippen molar-refractivity contribution < 1.29 is 21.8 Å². The monoisotopic (exact) mass is 315 g/mol. The summed E-state index contributed by atoms with van der Waals surface area (Å²) in [5.41, 5.74) is 6.63. The van der Waals surface area contributed by atoms with E-state index in [2.05, 4.69) is 15.5 Å². The molecule has 0 aliphatic rings. The van der Waals surface area contributed by atoms with Gasteiger partial charge in [-0.1, -0.05) is 18.2 Å². The number of fused-ring (bicyclic) bond motifs is 1. The Labute approximate surface area is 134 Å². The van der Waals surface area contributed by atoms with Crippen LogP contribution in [-0.2, 0) is 0 Å². The number of H-pyrrole nitrogens is 1. The molecule has 22 heavy (non-hydrogen) atoms. The normalized spacial score (nSPS) is 11.1. The highest BCUT2D eigenvalue weighted by molar-refractivity contribution is 5.99. The summed E-state index contributed by atoms with van der Waals surface area (Å²) in [6.45, 7) is 1.88. The van der Waals surface area contributed by atoms with E-state index in [0.29, 0.717) is 0 Å². The lowest BCUT2D eigenvalue weighted by molar-refractivity contribution is -0.344. The van der Waals surface area contributed by atoms with Crippen LogP contribution in [0.15, 0.2) is 65.9 Å². The molecule has 3 aromatic rings. The number of nitrogens with zero attached hydrogens (tertiary/aromatic N) is 1. The first-order chi connectivity index (χ1) is 10.2. The quantitative estimate of drug-likeness (QED) is 0.559. The Bertz CT molecular complexity index is 795. The molecule has 2 N–H and O–H groups in total. The van der Waals surface area contributed by atoms with Gasteiger partial charge < -0.3 is 12.4 Å². The highest BCUT2D eigenvalue weighted by atomic mass is 35.5. The number of halogens is 2. The van der Waals surface area contributed by atoms with Crippen LogP contribution in [0.3, 0.4) is 0 Å². The lowest BCUT2D eigenvalue weighted by atomic mass is 10.1. The van der Waals surface area contributed by atoms with Crippen molar-refractivity contribution in [1.82, 2.24) is 0 Å². The second-order valence-electron chi connectivity index (χ2n) is 4.76. The highest BCUT2D eigenvalue weighted by Gasteiger charge is 2.06. The van der Waals surface area contributed by atoms with Crippen LogP contribution >= 0.6 is 0 Å². The molecule has 1 aromatic heterocycles. The first-order valence-electron chi connectivity index (χ1n) is 6.70. The Kier molecular flexibility index (Phi) is 5.07. The number of para-hydroxylation sites is 1. The minimum atomic E-state index is -0.247. The smallest absolute Gasteiger partial charge is 0.236 e. The molecule has 0 amide bonds. The van der Waals surface area contributed by atoms with Crippen molar-refractivity contribution in [3.8, 4) is 0 Å². The number of hydrogen-bond donors (Lipinski definition) is 1. The summed E-state index contributed by atoms with van der Waals surface area (Å²) in [4.78, 5) is 3.21. The maximum atomic E-state index is 12.9. The van der Waals surface area contributed by atoms with E-state index in [1.165, 1.54) is 12.1 Å². The molecule has 0 saturated heterocycles.